The van der Waals surface area contributed by atoms with Gasteiger partial charge in [0.15, 0.2) is 0 Å². The maximum atomic E-state index is 13.0. The second-order valence-corrected chi connectivity index (χ2v) is 9.30. The zero-order valence-corrected chi connectivity index (χ0v) is 20.2. The first-order valence-electron chi connectivity index (χ1n) is 10.3. The van der Waals surface area contributed by atoms with Gasteiger partial charge in [-0.15, -0.1) is 11.8 Å². The second kappa shape index (κ2) is 10.5. The molecular weight excluding hydrogens is 516 g/mol. The Balaban J connectivity index is 1.45. The molecule has 6 nitrogen and oxygen atoms in total. The number of halogens is 1. The summed E-state index contributed by atoms with van der Waals surface area (Å²) < 4.78 is 0.932. The van der Waals surface area contributed by atoms with Crippen molar-refractivity contribution < 1.29 is 19.5 Å². The smallest absolute Gasteiger partial charge is 0.336 e. The largest absolute Gasteiger partial charge is 0.478 e. The van der Waals surface area contributed by atoms with E-state index in [1.165, 1.54) is 17.8 Å². The lowest BCUT2D eigenvalue weighted by Crippen LogP contribution is -2.14. The molecule has 0 saturated carbocycles. The summed E-state index contributed by atoms with van der Waals surface area (Å²) in [5.74, 6) is -1.43. The molecule has 0 fully saturated rings. The van der Waals surface area contributed by atoms with Gasteiger partial charge in [0.05, 0.1) is 11.3 Å². The summed E-state index contributed by atoms with van der Waals surface area (Å²) in [6.07, 6.45) is 0. The molecule has 0 bridgehead atoms. The van der Waals surface area contributed by atoms with E-state index in [0.717, 1.165) is 9.37 Å². The van der Waals surface area contributed by atoms with Crippen molar-refractivity contribution in [1.82, 2.24) is 0 Å². The maximum absolute atomic E-state index is 13.0. The molecule has 0 spiro atoms. The van der Waals surface area contributed by atoms with Crippen molar-refractivity contribution in [1.29, 1.82) is 0 Å². The van der Waals surface area contributed by atoms with Crippen LogP contribution in [0.15, 0.2) is 94.3 Å². The Labute approximate surface area is 208 Å². The fraction of sp³-hybridized carbons (Fsp3) is 0.0385. The van der Waals surface area contributed by atoms with Crippen LogP contribution in [0.3, 0.4) is 0 Å². The van der Waals surface area contributed by atoms with Crippen molar-refractivity contribution in [3.63, 3.8) is 0 Å². The van der Waals surface area contributed by atoms with Crippen molar-refractivity contribution in [2.24, 2.45) is 0 Å². The molecule has 0 aliphatic heterocycles. The van der Waals surface area contributed by atoms with Gasteiger partial charge in [-0.1, -0.05) is 46.3 Å². The third-order valence-electron chi connectivity index (χ3n) is 4.97. The van der Waals surface area contributed by atoms with Gasteiger partial charge in [0, 0.05) is 31.7 Å². The van der Waals surface area contributed by atoms with Gasteiger partial charge in [-0.05, 0) is 60.0 Å². The minimum absolute atomic E-state index is 0.0735. The number of amides is 2. The summed E-state index contributed by atoms with van der Waals surface area (Å²) in [4.78, 5) is 37.8. The number of benzene rings is 4. The molecule has 2 amide bonds. The van der Waals surface area contributed by atoms with Crippen LogP contribution in [0.25, 0.3) is 10.8 Å². The van der Waals surface area contributed by atoms with Crippen molar-refractivity contribution in [3.8, 4) is 0 Å². The molecule has 0 aliphatic rings. The van der Waals surface area contributed by atoms with E-state index in [9.17, 15) is 19.5 Å². The van der Waals surface area contributed by atoms with Gasteiger partial charge in [-0.2, -0.15) is 0 Å². The summed E-state index contributed by atoms with van der Waals surface area (Å²) in [5.41, 5.74) is 1.62. The highest BCUT2D eigenvalue weighted by atomic mass is 79.9. The molecule has 4 rings (SSSR count). The number of aromatic carboxylic acids is 1. The minimum Gasteiger partial charge on any atom is -0.478 e. The summed E-state index contributed by atoms with van der Waals surface area (Å²) in [7, 11) is 0. The van der Waals surface area contributed by atoms with Gasteiger partial charge < -0.3 is 15.7 Å². The summed E-state index contributed by atoms with van der Waals surface area (Å²) in [6, 6.07) is 24.5. The number of rotatable bonds is 7. The predicted octanol–water partition coefficient (Wildman–Crippen LogP) is 6.28. The minimum atomic E-state index is -1.09. The van der Waals surface area contributed by atoms with E-state index in [0.29, 0.717) is 22.1 Å². The Morgan fingerprint density at radius 3 is 2.18 bits per heavy atom. The number of hydrogen-bond acceptors (Lipinski definition) is 4. The number of carboxylic acid groups (broad SMARTS) is 1. The molecule has 4 aromatic carbocycles. The number of fused-ring (bicyclic) bond motifs is 1. The highest BCUT2D eigenvalue weighted by Crippen LogP contribution is 2.26. The molecule has 4 aromatic rings. The van der Waals surface area contributed by atoms with Gasteiger partial charge in [0.2, 0.25) is 5.91 Å². The molecule has 34 heavy (non-hydrogen) atoms. The van der Waals surface area contributed by atoms with Crippen LogP contribution in [-0.2, 0) is 4.79 Å². The zero-order chi connectivity index (χ0) is 24.1. The van der Waals surface area contributed by atoms with Crippen LogP contribution in [0.5, 0.6) is 0 Å². The number of carbonyl (C=O) groups is 3. The van der Waals surface area contributed by atoms with Crippen molar-refractivity contribution in [3.05, 3.63) is 101 Å². The van der Waals surface area contributed by atoms with Crippen molar-refractivity contribution >= 4 is 67.6 Å². The first kappa shape index (κ1) is 23.5. The fourth-order valence-electron chi connectivity index (χ4n) is 3.45. The van der Waals surface area contributed by atoms with E-state index < -0.39 is 11.9 Å². The van der Waals surface area contributed by atoms with Gasteiger partial charge in [0.25, 0.3) is 5.91 Å². The Kier molecular flexibility index (Phi) is 7.30. The Bertz CT molecular complexity index is 1380. The fourth-order valence-corrected chi connectivity index (χ4v) is 4.47. The molecule has 8 heteroatoms. The van der Waals surface area contributed by atoms with E-state index in [1.807, 2.05) is 30.3 Å². The van der Waals surface area contributed by atoms with Crippen LogP contribution in [-0.4, -0.2) is 28.6 Å². The number of nitrogens with one attached hydrogen (secondary N) is 2. The number of carboxylic acids is 1. The summed E-state index contributed by atoms with van der Waals surface area (Å²) in [5, 5.41) is 16.3. The van der Waals surface area contributed by atoms with E-state index in [-0.39, 0.29) is 22.8 Å². The third-order valence-corrected chi connectivity index (χ3v) is 6.49. The van der Waals surface area contributed by atoms with Crippen LogP contribution < -0.4 is 10.6 Å². The summed E-state index contributed by atoms with van der Waals surface area (Å²) >= 11 is 4.71. The Hall–Kier alpha value is -3.62. The molecule has 0 unspecified atom stereocenters. The average molecular weight is 535 g/mol. The van der Waals surface area contributed by atoms with E-state index >= 15 is 0 Å². The first-order chi connectivity index (χ1) is 16.4. The number of hydrogen-bond donors (Lipinski definition) is 3. The maximum Gasteiger partial charge on any atom is 0.336 e. The second-order valence-electron chi connectivity index (χ2n) is 7.34. The van der Waals surface area contributed by atoms with Crippen molar-refractivity contribution in [2.45, 2.75) is 4.90 Å². The highest BCUT2D eigenvalue weighted by molar-refractivity contribution is 9.10. The Morgan fingerprint density at radius 1 is 0.794 bits per heavy atom. The zero-order valence-electron chi connectivity index (χ0n) is 17.7. The van der Waals surface area contributed by atoms with Gasteiger partial charge >= 0.3 is 5.97 Å². The van der Waals surface area contributed by atoms with Gasteiger partial charge in [0.1, 0.15) is 0 Å². The van der Waals surface area contributed by atoms with E-state index in [1.54, 1.807) is 48.5 Å². The quantitative estimate of drug-likeness (QED) is 0.242. The van der Waals surface area contributed by atoms with Crippen molar-refractivity contribution in [2.75, 3.05) is 16.4 Å². The van der Waals surface area contributed by atoms with E-state index in [2.05, 4.69) is 26.6 Å². The molecular formula is C26H19BrN2O4S. The number of carbonyl (C=O) groups excluding carboxylic acids is 2. The lowest BCUT2D eigenvalue weighted by Gasteiger charge is -2.11. The lowest BCUT2D eigenvalue weighted by molar-refractivity contribution is -0.113. The molecule has 0 radical (unpaired) electrons. The standard InChI is InChI=1S/C26H19BrN2O4S/c27-17-10-12-18(13-11-17)28-23(30)15-34-20-7-3-6-19(14-20)29-25(31)21-8-1-4-16-5-2-9-22(24(16)21)26(32)33/h1-14H,15H2,(H,28,30)(H,29,31)(H,32,33). The van der Waals surface area contributed by atoms with E-state index in [4.69, 9.17) is 0 Å². The monoisotopic (exact) mass is 534 g/mol. The Morgan fingerprint density at radius 2 is 1.47 bits per heavy atom. The predicted molar refractivity (Wildman–Crippen MR) is 139 cm³/mol. The molecule has 3 N–H and O–H groups in total. The third kappa shape index (κ3) is 5.65. The van der Waals surface area contributed by atoms with Crippen LogP contribution in [0, 0.1) is 0 Å². The van der Waals surface area contributed by atoms with Gasteiger partial charge in [-0.3, -0.25) is 9.59 Å². The topological polar surface area (TPSA) is 95.5 Å². The van der Waals surface area contributed by atoms with Crippen LogP contribution in [0.4, 0.5) is 11.4 Å². The molecule has 0 aromatic heterocycles. The first-order valence-corrected chi connectivity index (χ1v) is 12.0. The molecule has 0 saturated heterocycles. The van der Waals surface area contributed by atoms with Crippen LogP contribution in [0.2, 0.25) is 0 Å². The number of thioether (sulfide) groups is 1. The van der Waals surface area contributed by atoms with Crippen LogP contribution >= 0.6 is 27.7 Å². The highest BCUT2D eigenvalue weighted by Gasteiger charge is 2.17. The molecule has 0 atom stereocenters. The van der Waals surface area contributed by atoms with Crippen LogP contribution in [0.1, 0.15) is 20.7 Å². The van der Waals surface area contributed by atoms with Gasteiger partial charge in [-0.25, -0.2) is 4.79 Å². The summed E-state index contributed by atoms with van der Waals surface area (Å²) in [6.45, 7) is 0. The average Bonchev–Trinajstić information content (AvgIpc) is 2.83. The SMILES string of the molecule is O=C(CSc1cccc(NC(=O)c2cccc3cccc(C(=O)O)c23)c1)Nc1ccc(Br)cc1. The molecule has 170 valence electrons. The number of anilines is 2. The molecule has 0 aliphatic carbocycles. The molecule has 0 heterocycles. The normalized spacial score (nSPS) is 10.6. The lowest BCUT2D eigenvalue weighted by atomic mass is 9.98.